The van der Waals surface area contributed by atoms with Gasteiger partial charge in [0.25, 0.3) is 10.0 Å². The summed E-state index contributed by atoms with van der Waals surface area (Å²) in [5, 5.41) is 14.8. The van der Waals surface area contributed by atoms with Crippen molar-refractivity contribution in [3.63, 3.8) is 0 Å². The van der Waals surface area contributed by atoms with E-state index in [0.717, 1.165) is 23.1 Å². The van der Waals surface area contributed by atoms with E-state index in [0.29, 0.717) is 0 Å². The number of hydrogen-bond donors (Lipinski definition) is 2. The number of aromatic nitrogens is 4. The van der Waals surface area contributed by atoms with E-state index in [1.54, 1.807) is 0 Å². The lowest BCUT2D eigenvalue weighted by molar-refractivity contribution is 0.0690. The third-order valence-electron chi connectivity index (χ3n) is 2.37. The molecule has 112 valence electrons. The summed E-state index contributed by atoms with van der Waals surface area (Å²) in [5.74, 6) is -2.20. The van der Waals surface area contributed by atoms with Gasteiger partial charge in [0.15, 0.2) is 11.5 Å². The molecule has 2 N–H and O–H groups in total. The van der Waals surface area contributed by atoms with Crippen molar-refractivity contribution in [2.45, 2.75) is 11.6 Å². The van der Waals surface area contributed by atoms with Crippen LogP contribution in [0.4, 0.5) is 4.39 Å². The largest absolute Gasteiger partial charge is 0.476 e. The number of nitrogens with zero attached hydrogens (tertiary/aromatic N) is 4. The maximum atomic E-state index is 13.4. The first-order valence-corrected chi connectivity index (χ1v) is 7.12. The Morgan fingerprint density at radius 3 is 2.86 bits per heavy atom. The molecule has 0 bridgehead atoms. The molecular formula is C10H10FN5O4S. The van der Waals surface area contributed by atoms with E-state index in [1.807, 2.05) is 0 Å². The molecule has 2 heterocycles. The summed E-state index contributed by atoms with van der Waals surface area (Å²) >= 11 is 0. The third-order valence-corrected chi connectivity index (χ3v) is 3.76. The van der Waals surface area contributed by atoms with Crippen molar-refractivity contribution in [2.75, 3.05) is 6.54 Å². The summed E-state index contributed by atoms with van der Waals surface area (Å²) in [6, 6.07) is 2.26. The Labute approximate surface area is 118 Å². The van der Waals surface area contributed by atoms with Gasteiger partial charge in [-0.1, -0.05) is 5.21 Å². The van der Waals surface area contributed by atoms with Crippen molar-refractivity contribution < 1.29 is 22.7 Å². The number of sulfonamides is 1. The van der Waals surface area contributed by atoms with Gasteiger partial charge in [-0.2, -0.15) is 0 Å². The van der Waals surface area contributed by atoms with E-state index >= 15 is 0 Å². The molecule has 0 aliphatic heterocycles. The number of hydrogen-bond acceptors (Lipinski definition) is 6. The summed E-state index contributed by atoms with van der Waals surface area (Å²) in [6.07, 6.45) is 2.31. The fourth-order valence-corrected chi connectivity index (χ4v) is 2.46. The van der Waals surface area contributed by atoms with Crippen LogP contribution in [0.3, 0.4) is 0 Å². The first kappa shape index (κ1) is 15.0. The van der Waals surface area contributed by atoms with Crippen LogP contribution in [0.25, 0.3) is 0 Å². The zero-order chi connectivity index (χ0) is 15.5. The van der Waals surface area contributed by atoms with Gasteiger partial charge in [-0.15, -0.1) is 5.10 Å². The minimum Gasteiger partial charge on any atom is -0.476 e. The van der Waals surface area contributed by atoms with Crippen LogP contribution in [0, 0.1) is 5.82 Å². The minimum atomic E-state index is -4.08. The molecule has 0 fully saturated rings. The Kier molecular flexibility index (Phi) is 4.23. The number of carbonyl (C=O) groups is 1. The van der Waals surface area contributed by atoms with Gasteiger partial charge < -0.3 is 5.11 Å². The van der Waals surface area contributed by atoms with Crippen molar-refractivity contribution in [1.29, 1.82) is 0 Å². The number of carboxylic acids is 1. The maximum absolute atomic E-state index is 13.4. The highest BCUT2D eigenvalue weighted by Gasteiger charge is 2.19. The first-order chi connectivity index (χ1) is 9.90. The first-order valence-electron chi connectivity index (χ1n) is 5.64. The third kappa shape index (κ3) is 3.58. The van der Waals surface area contributed by atoms with Crippen LogP contribution in [-0.2, 0) is 16.6 Å². The van der Waals surface area contributed by atoms with Crippen LogP contribution >= 0.6 is 0 Å². The number of rotatable bonds is 6. The smallest absolute Gasteiger partial charge is 0.358 e. The lowest BCUT2D eigenvalue weighted by Gasteiger charge is -2.06. The Hall–Kier alpha value is -2.40. The van der Waals surface area contributed by atoms with E-state index in [-0.39, 0.29) is 18.8 Å². The highest BCUT2D eigenvalue weighted by atomic mass is 32.2. The molecule has 0 aromatic carbocycles. The van der Waals surface area contributed by atoms with Crippen LogP contribution < -0.4 is 4.72 Å². The fraction of sp³-hybridized carbons (Fsp3) is 0.200. The highest BCUT2D eigenvalue weighted by Crippen LogP contribution is 2.09. The van der Waals surface area contributed by atoms with Crippen molar-refractivity contribution in [1.82, 2.24) is 24.7 Å². The van der Waals surface area contributed by atoms with E-state index in [9.17, 15) is 17.6 Å². The van der Waals surface area contributed by atoms with Gasteiger partial charge in [0.05, 0.1) is 12.7 Å². The predicted octanol–water partition coefficient (Wildman–Crippen LogP) is -0.511. The molecule has 0 atom stereocenters. The number of aromatic carboxylic acids is 1. The SMILES string of the molecule is O=C(O)c1cn(CCNS(=O)(=O)c2ncccc2F)nn1. The van der Waals surface area contributed by atoms with Crippen LogP contribution in [-0.4, -0.2) is 46.0 Å². The van der Waals surface area contributed by atoms with Gasteiger partial charge in [-0.3, -0.25) is 4.68 Å². The van der Waals surface area contributed by atoms with Crippen molar-refractivity contribution in [3.8, 4) is 0 Å². The van der Waals surface area contributed by atoms with Gasteiger partial charge in [0.2, 0.25) is 5.03 Å². The lowest BCUT2D eigenvalue weighted by Crippen LogP contribution is -2.29. The summed E-state index contributed by atoms with van der Waals surface area (Å²) in [7, 11) is -4.08. The zero-order valence-corrected chi connectivity index (χ0v) is 11.3. The molecule has 0 spiro atoms. The van der Waals surface area contributed by atoms with Crippen LogP contribution in [0.2, 0.25) is 0 Å². The fourth-order valence-electron chi connectivity index (χ4n) is 1.44. The summed E-state index contributed by atoms with van der Waals surface area (Å²) in [5.41, 5.74) is -0.256. The second kappa shape index (κ2) is 5.93. The van der Waals surface area contributed by atoms with Gasteiger partial charge >= 0.3 is 5.97 Å². The number of halogens is 1. The summed E-state index contributed by atoms with van der Waals surface area (Å²) < 4.78 is 40.3. The molecule has 0 aliphatic rings. The molecule has 0 saturated heterocycles. The van der Waals surface area contributed by atoms with Crippen molar-refractivity contribution in [3.05, 3.63) is 36.0 Å². The van der Waals surface area contributed by atoms with Gasteiger partial charge in [-0.25, -0.2) is 27.3 Å². The van der Waals surface area contributed by atoms with Gasteiger partial charge in [-0.05, 0) is 12.1 Å². The molecule has 0 saturated carbocycles. The van der Waals surface area contributed by atoms with Crippen LogP contribution in [0.1, 0.15) is 10.5 Å². The molecular weight excluding hydrogens is 305 g/mol. The predicted molar refractivity (Wildman–Crippen MR) is 66.4 cm³/mol. The maximum Gasteiger partial charge on any atom is 0.358 e. The normalized spacial score (nSPS) is 11.5. The molecule has 2 aromatic rings. The highest BCUT2D eigenvalue weighted by molar-refractivity contribution is 7.89. The van der Waals surface area contributed by atoms with Crippen LogP contribution in [0.5, 0.6) is 0 Å². The zero-order valence-electron chi connectivity index (χ0n) is 10.5. The average Bonchev–Trinajstić information content (AvgIpc) is 2.88. The molecule has 21 heavy (non-hydrogen) atoms. The summed E-state index contributed by atoms with van der Waals surface area (Å²) in [6.45, 7) is -0.0886. The second-order valence-corrected chi connectivity index (χ2v) is 5.54. The molecule has 0 radical (unpaired) electrons. The number of nitrogens with one attached hydrogen (secondary N) is 1. The number of pyridine rings is 1. The second-order valence-electron chi connectivity index (χ2n) is 3.86. The molecule has 2 rings (SSSR count). The van der Waals surface area contributed by atoms with Gasteiger partial charge in [0, 0.05) is 12.7 Å². The van der Waals surface area contributed by atoms with E-state index in [4.69, 9.17) is 5.11 Å². The quantitative estimate of drug-likeness (QED) is 0.734. The standard InChI is InChI=1S/C10H10FN5O4S/c11-7-2-1-3-12-9(7)21(19,20)13-4-5-16-6-8(10(17)18)14-15-16/h1-3,6,13H,4-5H2,(H,17,18). The Balaban J connectivity index is 1.99. The monoisotopic (exact) mass is 315 g/mol. The number of carboxylic acid groups (broad SMARTS) is 1. The molecule has 2 aromatic heterocycles. The Morgan fingerprint density at radius 2 is 2.24 bits per heavy atom. The Bertz CT molecular complexity index is 760. The van der Waals surface area contributed by atoms with Gasteiger partial charge in [0.1, 0.15) is 0 Å². The van der Waals surface area contributed by atoms with Crippen molar-refractivity contribution in [2.24, 2.45) is 0 Å². The summed E-state index contributed by atoms with van der Waals surface area (Å²) in [4.78, 5) is 14.1. The van der Waals surface area contributed by atoms with Crippen LogP contribution in [0.15, 0.2) is 29.6 Å². The minimum absolute atomic E-state index is 0.0357. The average molecular weight is 315 g/mol. The molecule has 9 nitrogen and oxygen atoms in total. The van der Waals surface area contributed by atoms with Crippen molar-refractivity contribution >= 4 is 16.0 Å². The van der Waals surface area contributed by atoms with E-state index < -0.39 is 26.8 Å². The lowest BCUT2D eigenvalue weighted by atomic mass is 10.5. The van der Waals surface area contributed by atoms with E-state index in [1.165, 1.54) is 6.07 Å². The van der Waals surface area contributed by atoms with E-state index in [2.05, 4.69) is 20.0 Å². The Morgan fingerprint density at radius 1 is 1.48 bits per heavy atom. The molecule has 0 aliphatic carbocycles. The molecule has 0 unspecified atom stereocenters. The molecule has 0 amide bonds. The topological polar surface area (TPSA) is 127 Å². The molecule has 11 heteroatoms.